The van der Waals surface area contributed by atoms with Crippen molar-refractivity contribution in [2.24, 2.45) is 45.3 Å². The Morgan fingerprint density at radius 2 is 1.52 bits per heavy atom. The average Bonchev–Trinajstić information content (AvgIpc) is 3.48. The third kappa shape index (κ3) is 6.86. The van der Waals surface area contributed by atoms with Crippen LogP contribution in [0.5, 0.6) is 0 Å². The second kappa shape index (κ2) is 15.1. The van der Waals surface area contributed by atoms with Gasteiger partial charge in [0.1, 0.15) is 42.7 Å². The summed E-state index contributed by atoms with van der Waals surface area (Å²) in [5, 5.41) is 99.6. The molecule has 54 heavy (non-hydrogen) atoms. The molecule has 0 aromatic heterocycles. The van der Waals surface area contributed by atoms with E-state index in [2.05, 4.69) is 40.7 Å². The monoisotopic (exact) mass is 770 g/mol. The van der Waals surface area contributed by atoms with Crippen molar-refractivity contribution in [1.29, 1.82) is 0 Å². The fourth-order valence-electron chi connectivity index (χ4n) is 13.1. The predicted molar refractivity (Wildman–Crippen MR) is 196 cm³/mol. The topological polar surface area (TPSA) is 219 Å². The van der Waals surface area contributed by atoms with E-state index in [0.717, 1.165) is 19.3 Å². The average molecular weight is 771 g/mol. The van der Waals surface area contributed by atoms with Gasteiger partial charge in [0.25, 0.3) is 0 Å². The van der Waals surface area contributed by atoms with Crippen LogP contribution < -0.4 is 0 Å². The van der Waals surface area contributed by atoms with Crippen LogP contribution in [-0.2, 0) is 18.9 Å². The third-order valence-electron chi connectivity index (χ3n) is 16.1. The molecule has 6 rings (SSSR count). The zero-order valence-corrected chi connectivity index (χ0v) is 33.5. The van der Waals surface area contributed by atoms with Gasteiger partial charge < -0.3 is 64.9 Å². The first kappa shape index (κ1) is 42.8. The van der Waals surface area contributed by atoms with E-state index in [9.17, 15) is 46.0 Å². The Bertz CT molecular complexity index is 1350. The van der Waals surface area contributed by atoms with Gasteiger partial charge in [0.15, 0.2) is 12.6 Å². The molecule has 0 bridgehead atoms. The fourth-order valence-corrected chi connectivity index (χ4v) is 13.1. The lowest BCUT2D eigenvalue weighted by molar-refractivity contribution is -0.377. The van der Waals surface area contributed by atoms with Gasteiger partial charge in [0, 0.05) is 0 Å². The summed E-state index contributed by atoms with van der Waals surface area (Å²) in [5.74, 6) is -0.513. The fraction of sp³-hybridized carbons (Fsp3) is 0.951. The number of hydrogen-bond donors (Lipinski definition) is 9. The summed E-state index contributed by atoms with van der Waals surface area (Å²) in [4.78, 5) is 0. The van der Waals surface area contributed by atoms with E-state index in [1.165, 1.54) is 5.57 Å². The van der Waals surface area contributed by atoms with Crippen LogP contribution in [0.4, 0.5) is 0 Å². The van der Waals surface area contributed by atoms with Crippen molar-refractivity contribution in [3.05, 3.63) is 11.6 Å². The van der Waals surface area contributed by atoms with Crippen molar-refractivity contribution < 1.29 is 64.9 Å². The molecule has 0 aromatic rings. The van der Waals surface area contributed by atoms with E-state index < -0.39 is 107 Å². The van der Waals surface area contributed by atoms with E-state index in [0.29, 0.717) is 32.1 Å². The lowest BCUT2D eigenvalue weighted by Gasteiger charge is -2.72. The van der Waals surface area contributed by atoms with Crippen molar-refractivity contribution in [1.82, 2.24) is 0 Å². The summed E-state index contributed by atoms with van der Waals surface area (Å²) in [6, 6.07) is 0. The van der Waals surface area contributed by atoms with E-state index in [4.69, 9.17) is 18.9 Å². The first-order chi connectivity index (χ1) is 25.0. The summed E-state index contributed by atoms with van der Waals surface area (Å²) in [5.41, 5.74) is -1.69. The van der Waals surface area contributed by atoms with E-state index in [1.807, 2.05) is 20.8 Å². The molecule has 0 spiro atoms. The van der Waals surface area contributed by atoms with Crippen LogP contribution >= 0.6 is 0 Å². The first-order valence-corrected chi connectivity index (χ1v) is 20.4. The molecule has 9 N–H and O–H groups in total. The molecule has 0 amide bonds. The van der Waals surface area contributed by atoms with Gasteiger partial charge in [-0.05, 0) is 117 Å². The SMILES string of the molecule is CC(C)=CCCC(C)(O)[C@H]1CC[C@]2(C)[C@@H]1[C@H](O)C[C@@H]1[C@@]3(C)CC[C@H](O)C(C)(C)[C@@H]3[C@@H](O[C@@H]3O[C@H](CO)[C@@H](O)[C@H](O)[C@H]3O[C@@H]3OC[C@@H](O)[C@H](O)[C@H]3O)C[C@]12C. The smallest absolute Gasteiger partial charge is 0.187 e. The minimum atomic E-state index is -1.68. The largest absolute Gasteiger partial charge is 0.394 e. The highest BCUT2D eigenvalue weighted by atomic mass is 16.8. The lowest BCUT2D eigenvalue weighted by Crippen LogP contribution is -2.71. The molecule has 13 nitrogen and oxygen atoms in total. The molecule has 0 aromatic carbocycles. The zero-order valence-electron chi connectivity index (χ0n) is 33.5. The van der Waals surface area contributed by atoms with Gasteiger partial charge in [0.05, 0.1) is 37.1 Å². The summed E-state index contributed by atoms with van der Waals surface area (Å²) in [6.45, 7) is 16.0. The molecule has 6 aliphatic rings. The summed E-state index contributed by atoms with van der Waals surface area (Å²) < 4.78 is 24.8. The van der Waals surface area contributed by atoms with Gasteiger partial charge in [-0.15, -0.1) is 0 Å². The molecule has 4 aliphatic carbocycles. The number of allylic oxidation sites excluding steroid dienone is 2. The number of rotatable bonds is 9. The predicted octanol–water partition coefficient (Wildman–Crippen LogP) is 1.76. The van der Waals surface area contributed by atoms with Crippen molar-refractivity contribution >= 4 is 0 Å². The molecule has 20 atom stereocenters. The van der Waals surface area contributed by atoms with Gasteiger partial charge in [0.2, 0.25) is 0 Å². The number of aliphatic hydroxyl groups excluding tert-OH is 8. The van der Waals surface area contributed by atoms with Crippen LogP contribution in [-0.4, -0.2) is 138 Å². The van der Waals surface area contributed by atoms with Crippen molar-refractivity contribution in [2.45, 2.75) is 186 Å². The minimum Gasteiger partial charge on any atom is -0.394 e. The molecule has 0 radical (unpaired) electrons. The van der Waals surface area contributed by atoms with Gasteiger partial charge in [-0.25, -0.2) is 0 Å². The van der Waals surface area contributed by atoms with E-state index >= 15 is 0 Å². The summed E-state index contributed by atoms with van der Waals surface area (Å²) in [7, 11) is 0. The highest BCUT2D eigenvalue weighted by Gasteiger charge is 2.73. The Balaban J connectivity index is 1.38. The molecule has 2 aliphatic heterocycles. The van der Waals surface area contributed by atoms with Crippen molar-refractivity contribution in [3.8, 4) is 0 Å². The first-order valence-electron chi connectivity index (χ1n) is 20.4. The third-order valence-corrected chi connectivity index (χ3v) is 16.1. The molecule has 1 unspecified atom stereocenters. The Labute approximate surface area is 320 Å². The van der Waals surface area contributed by atoms with Crippen LogP contribution in [0.1, 0.15) is 107 Å². The minimum absolute atomic E-state index is 0.0443. The van der Waals surface area contributed by atoms with Crippen LogP contribution in [0.25, 0.3) is 0 Å². The molecule has 2 heterocycles. The van der Waals surface area contributed by atoms with Crippen molar-refractivity contribution in [2.75, 3.05) is 13.2 Å². The molecular formula is C41H70O13. The van der Waals surface area contributed by atoms with Crippen LogP contribution in [0.2, 0.25) is 0 Å². The molecule has 2 saturated heterocycles. The Morgan fingerprint density at radius 1 is 0.833 bits per heavy atom. The quantitative estimate of drug-likeness (QED) is 0.121. The normalized spacial score (nSPS) is 52.8. The second-order valence-corrected chi connectivity index (χ2v) is 19.8. The number of fused-ring (bicyclic) bond motifs is 5. The van der Waals surface area contributed by atoms with E-state index in [1.54, 1.807) is 0 Å². The highest BCUT2D eigenvalue weighted by Crippen LogP contribution is 2.76. The molecule has 6 fully saturated rings. The van der Waals surface area contributed by atoms with E-state index in [-0.39, 0.29) is 30.3 Å². The van der Waals surface area contributed by atoms with Crippen LogP contribution in [0, 0.1) is 45.3 Å². The summed E-state index contributed by atoms with van der Waals surface area (Å²) >= 11 is 0. The van der Waals surface area contributed by atoms with Gasteiger partial charge in [-0.3, -0.25) is 0 Å². The Kier molecular flexibility index (Phi) is 12.0. The maximum Gasteiger partial charge on any atom is 0.187 e. The standard InChI is InChI=1S/C41H70O13/c1-20(2)10-9-13-41(8,50)21-11-15-39(6)28(21)22(43)16-26-38(5)14-12-27(45)37(3,4)34(38)24(17-40(26,39)7)52-36-33(31(48)30(47)25(18-42)53-36)54-35-32(49)29(46)23(44)19-51-35/h10,21-36,42-50H,9,11-19H2,1-8H3/t21-,22+,23+,24-,25+,26+,27-,28-,29-,30+,31-,32+,33+,34-,35-,36+,38+,39+,40+,41?/m0/s1. The maximum atomic E-state index is 12.2. The number of aliphatic hydroxyl groups is 9. The Hall–Kier alpha value is -0.780. The Morgan fingerprint density at radius 3 is 2.17 bits per heavy atom. The molecule has 4 saturated carbocycles. The van der Waals surface area contributed by atoms with Crippen molar-refractivity contribution in [3.63, 3.8) is 0 Å². The lowest BCUT2D eigenvalue weighted by atomic mass is 9.34. The molecule has 13 heteroatoms. The maximum absolute atomic E-state index is 12.2. The van der Waals surface area contributed by atoms with Gasteiger partial charge in [-0.1, -0.05) is 46.3 Å². The number of hydrogen-bond acceptors (Lipinski definition) is 13. The van der Waals surface area contributed by atoms with Crippen LogP contribution in [0.15, 0.2) is 11.6 Å². The number of ether oxygens (including phenoxy) is 4. The molecular weight excluding hydrogens is 700 g/mol. The zero-order chi connectivity index (χ0) is 39.9. The van der Waals surface area contributed by atoms with Gasteiger partial charge in [-0.2, -0.15) is 0 Å². The highest BCUT2D eigenvalue weighted by molar-refractivity contribution is 5.22. The summed E-state index contributed by atoms with van der Waals surface area (Å²) in [6.07, 6.45) is -7.90. The molecule has 312 valence electrons. The van der Waals surface area contributed by atoms with Crippen LogP contribution in [0.3, 0.4) is 0 Å². The second-order valence-electron chi connectivity index (χ2n) is 19.8. The van der Waals surface area contributed by atoms with Gasteiger partial charge >= 0.3 is 0 Å².